The Bertz CT molecular complexity index is 396. The van der Waals surface area contributed by atoms with Gasteiger partial charge in [-0.05, 0) is 25.5 Å². The second-order valence-corrected chi connectivity index (χ2v) is 6.46. The average Bonchev–Trinajstić information content (AvgIpc) is 2.37. The summed E-state index contributed by atoms with van der Waals surface area (Å²) in [4.78, 5) is 11.6. The van der Waals surface area contributed by atoms with Crippen molar-refractivity contribution in [3.63, 3.8) is 0 Å². The molecule has 4 heteroatoms. The maximum Gasteiger partial charge on any atom is 0.237 e. The highest BCUT2D eigenvalue weighted by molar-refractivity contribution is 7.99. The number of primary amides is 1. The minimum Gasteiger partial charge on any atom is -0.368 e. The molecule has 0 aliphatic heterocycles. The van der Waals surface area contributed by atoms with E-state index in [2.05, 4.69) is 24.4 Å². The lowest BCUT2D eigenvalue weighted by Gasteiger charge is -2.29. The topological polar surface area (TPSA) is 55.1 Å². The van der Waals surface area contributed by atoms with Crippen LogP contribution < -0.4 is 11.1 Å². The summed E-state index contributed by atoms with van der Waals surface area (Å²) in [5, 5.41) is 3.57. The standard InChI is InChI=1S/C15H24N2OS/c1-4-17-15(3,14(16)18)10-12(2)19-11-13-8-6-5-7-9-13/h5-9,12,17H,4,10-11H2,1-3H3,(H2,16,18). The molecule has 0 spiro atoms. The van der Waals surface area contributed by atoms with E-state index in [1.165, 1.54) is 5.56 Å². The van der Waals surface area contributed by atoms with Crippen molar-refractivity contribution in [2.75, 3.05) is 6.54 Å². The highest BCUT2D eigenvalue weighted by atomic mass is 32.2. The summed E-state index contributed by atoms with van der Waals surface area (Å²) in [6, 6.07) is 10.4. The molecule has 2 atom stereocenters. The second-order valence-electron chi connectivity index (χ2n) is 5.04. The van der Waals surface area contributed by atoms with Crippen LogP contribution in [0.4, 0.5) is 0 Å². The molecule has 1 rings (SSSR count). The fraction of sp³-hybridized carbons (Fsp3) is 0.533. The SMILES string of the molecule is CCNC(C)(CC(C)SCc1ccccc1)C(N)=O. The molecule has 0 heterocycles. The van der Waals surface area contributed by atoms with Gasteiger partial charge >= 0.3 is 0 Å². The monoisotopic (exact) mass is 280 g/mol. The number of amides is 1. The number of thioether (sulfide) groups is 1. The molecule has 1 aromatic carbocycles. The van der Waals surface area contributed by atoms with Gasteiger partial charge in [-0.1, -0.05) is 44.2 Å². The van der Waals surface area contributed by atoms with Crippen LogP contribution in [0.25, 0.3) is 0 Å². The van der Waals surface area contributed by atoms with E-state index >= 15 is 0 Å². The lowest BCUT2D eigenvalue weighted by molar-refractivity contribution is -0.124. The Morgan fingerprint density at radius 1 is 1.42 bits per heavy atom. The first-order valence-electron chi connectivity index (χ1n) is 6.68. The predicted octanol–water partition coefficient (Wildman–Crippen LogP) is 2.55. The molecule has 0 aromatic heterocycles. The number of nitrogens with one attached hydrogen (secondary N) is 1. The summed E-state index contributed by atoms with van der Waals surface area (Å²) >= 11 is 1.85. The van der Waals surface area contributed by atoms with Crippen molar-refractivity contribution in [1.29, 1.82) is 0 Å². The molecular formula is C15H24N2OS. The zero-order chi connectivity index (χ0) is 14.3. The van der Waals surface area contributed by atoms with Gasteiger partial charge in [0.25, 0.3) is 0 Å². The third kappa shape index (κ3) is 5.25. The molecule has 106 valence electrons. The van der Waals surface area contributed by atoms with E-state index in [9.17, 15) is 4.79 Å². The van der Waals surface area contributed by atoms with E-state index in [0.717, 1.165) is 18.7 Å². The first kappa shape index (κ1) is 16.1. The number of rotatable bonds is 8. The Balaban J connectivity index is 2.49. The number of carbonyl (C=O) groups excluding carboxylic acids is 1. The van der Waals surface area contributed by atoms with Crippen molar-refractivity contribution in [3.05, 3.63) is 35.9 Å². The molecule has 0 aliphatic carbocycles. The molecule has 3 nitrogen and oxygen atoms in total. The van der Waals surface area contributed by atoms with Crippen molar-refractivity contribution in [1.82, 2.24) is 5.32 Å². The Labute approximate surface area is 120 Å². The second kappa shape index (κ2) is 7.56. The van der Waals surface area contributed by atoms with Gasteiger partial charge in [-0.15, -0.1) is 0 Å². The normalized spacial score (nSPS) is 15.7. The fourth-order valence-electron chi connectivity index (χ4n) is 2.10. The molecular weight excluding hydrogens is 256 g/mol. The van der Waals surface area contributed by atoms with Gasteiger partial charge in [-0.25, -0.2) is 0 Å². The summed E-state index contributed by atoms with van der Waals surface area (Å²) in [5.41, 5.74) is 6.20. The molecule has 0 saturated heterocycles. The Hall–Kier alpha value is -1.00. The number of hydrogen-bond donors (Lipinski definition) is 2. The zero-order valence-corrected chi connectivity index (χ0v) is 12.8. The molecule has 3 N–H and O–H groups in total. The van der Waals surface area contributed by atoms with Crippen LogP contribution in [0.2, 0.25) is 0 Å². The molecule has 1 aromatic rings. The van der Waals surface area contributed by atoms with Gasteiger partial charge in [0.2, 0.25) is 5.91 Å². The van der Waals surface area contributed by atoms with Crippen molar-refractivity contribution < 1.29 is 4.79 Å². The van der Waals surface area contributed by atoms with E-state index in [0.29, 0.717) is 5.25 Å². The summed E-state index contributed by atoms with van der Waals surface area (Å²) in [6.45, 7) is 6.77. The molecule has 0 aliphatic rings. The molecule has 0 radical (unpaired) electrons. The predicted molar refractivity (Wildman–Crippen MR) is 83.1 cm³/mol. The molecule has 0 saturated carbocycles. The molecule has 0 bridgehead atoms. The Morgan fingerprint density at radius 3 is 2.58 bits per heavy atom. The van der Waals surface area contributed by atoms with Gasteiger partial charge in [0.1, 0.15) is 0 Å². The average molecular weight is 280 g/mol. The number of benzene rings is 1. The zero-order valence-electron chi connectivity index (χ0n) is 12.0. The largest absolute Gasteiger partial charge is 0.368 e. The van der Waals surface area contributed by atoms with Crippen LogP contribution in [-0.2, 0) is 10.5 Å². The van der Waals surface area contributed by atoms with Gasteiger partial charge in [-0.2, -0.15) is 11.8 Å². The lowest BCUT2D eigenvalue weighted by atomic mass is 9.95. The van der Waals surface area contributed by atoms with Crippen molar-refractivity contribution >= 4 is 17.7 Å². The lowest BCUT2D eigenvalue weighted by Crippen LogP contribution is -2.54. The first-order chi connectivity index (χ1) is 8.98. The molecule has 1 amide bonds. The minimum absolute atomic E-state index is 0.276. The van der Waals surface area contributed by atoms with Crippen molar-refractivity contribution in [3.8, 4) is 0 Å². The highest BCUT2D eigenvalue weighted by Crippen LogP contribution is 2.24. The van der Waals surface area contributed by atoms with E-state index in [-0.39, 0.29) is 5.91 Å². The number of nitrogens with two attached hydrogens (primary N) is 1. The number of carbonyl (C=O) groups is 1. The van der Waals surface area contributed by atoms with E-state index in [1.807, 2.05) is 43.8 Å². The Kier molecular flexibility index (Phi) is 6.38. The first-order valence-corrected chi connectivity index (χ1v) is 7.73. The highest BCUT2D eigenvalue weighted by Gasteiger charge is 2.31. The van der Waals surface area contributed by atoms with Crippen molar-refractivity contribution in [2.45, 2.75) is 43.7 Å². The van der Waals surface area contributed by atoms with E-state index in [4.69, 9.17) is 5.73 Å². The minimum atomic E-state index is -0.613. The van der Waals surface area contributed by atoms with Gasteiger partial charge in [0.05, 0.1) is 5.54 Å². The molecule has 0 fully saturated rings. The van der Waals surface area contributed by atoms with Crippen molar-refractivity contribution in [2.24, 2.45) is 5.73 Å². The quantitative estimate of drug-likeness (QED) is 0.769. The summed E-state index contributed by atoms with van der Waals surface area (Å²) in [7, 11) is 0. The number of hydrogen-bond acceptors (Lipinski definition) is 3. The van der Waals surface area contributed by atoms with Crippen LogP contribution in [0, 0.1) is 0 Å². The van der Waals surface area contributed by atoms with Crippen LogP contribution >= 0.6 is 11.8 Å². The number of likely N-dealkylation sites (N-methyl/N-ethyl adjacent to an activating group) is 1. The van der Waals surface area contributed by atoms with Crippen LogP contribution in [0.5, 0.6) is 0 Å². The van der Waals surface area contributed by atoms with Gasteiger partial charge in [0.15, 0.2) is 0 Å². The van der Waals surface area contributed by atoms with Crippen LogP contribution in [0.3, 0.4) is 0 Å². The van der Waals surface area contributed by atoms with Crippen LogP contribution in [-0.4, -0.2) is 23.2 Å². The Morgan fingerprint density at radius 2 is 2.05 bits per heavy atom. The summed E-state index contributed by atoms with van der Waals surface area (Å²) in [6.07, 6.45) is 0.744. The summed E-state index contributed by atoms with van der Waals surface area (Å²) in [5.74, 6) is 0.685. The van der Waals surface area contributed by atoms with Crippen LogP contribution in [0.15, 0.2) is 30.3 Å². The smallest absolute Gasteiger partial charge is 0.237 e. The van der Waals surface area contributed by atoms with Gasteiger partial charge < -0.3 is 11.1 Å². The van der Waals surface area contributed by atoms with E-state index < -0.39 is 5.54 Å². The van der Waals surface area contributed by atoms with Gasteiger partial charge in [0, 0.05) is 11.0 Å². The van der Waals surface area contributed by atoms with E-state index in [1.54, 1.807) is 0 Å². The van der Waals surface area contributed by atoms with Gasteiger partial charge in [-0.3, -0.25) is 4.79 Å². The third-order valence-electron chi connectivity index (χ3n) is 3.18. The fourth-order valence-corrected chi connectivity index (χ4v) is 3.22. The molecule has 19 heavy (non-hydrogen) atoms. The summed E-state index contributed by atoms with van der Waals surface area (Å²) < 4.78 is 0. The van der Waals surface area contributed by atoms with Crippen LogP contribution in [0.1, 0.15) is 32.8 Å². The molecule has 2 unspecified atom stereocenters. The maximum atomic E-state index is 11.6. The third-order valence-corrected chi connectivity index (χ3v) is 4.42. The maximum absolute atomic E-state index is 11.6.